The van der Waals surface area contributed by atoms with Crippen molar-refractivity contribution in [2.24, 2.45) is 0 Å². The number of aryl methyl sites for hydroxylation is 2. The fourth-order valence-corrected chi connectivity index (χ4v) is 4.13. The van der Waals surface area contributed by atoms with Crippen molar-refractivity contribution < 1.29 is 13.2 Å². The molecule has 0 fully saturated rings. The number of halogens is 2. The van der Waals surface area contributed by atoms with Crippen LogP contribution in [0.25, 0.3) is 0 Å². The molecule has 2 aromatic rings. The number of carbonyl (C=O) groups is 1. The van der Waals surface area contributed by atoms with E-state index in [-0.39, 0.29) is 18.9 Å². The Morgan fingerprint density at radius 2 is 1.79 bits per heavy atom. The van der Waals surface area contributed by atoms with Gasteiger partial charge in [-0.15, -0.1) is 0 Å². The summed E-state index contributed by atoms with van der Waals surface area (Å²) >= 11 is 11.9. The van der Waals surface area contributed by atoms with Crippen LogP contribution in [0, 0.1) is 13.8 Å². The second kappa shape index (κ2) is 9.63. The quantitative estimate of drug-likeness (QED) is 0.655. The molecule has 0 atom stereocenters. The van der Waals surface area contributed by atoms with Crippen LogP contribution in [0.5, 0.6) is 0 Å². The lowest BCUT2D eigenvalue weighted by molar-refractivity contribution is -0.121. The van der Waals surface area contributed by atoms with E-state index in [4.69, 9.17) is 23.2 Å². The predicted octanol–water partition coefficient (Wildman–Crippen LogP) is 4.47. The third-order valence-corrected chi connectivity index (χ3v) is 6.22. The molecule has 1 amide bonds. The molecule has 0 bridgehead atoms. The Morgan fingerprint density at radius 1 is 1.07 bits per heavy atom. The lowest BCUT2D eigenvalue weighted by atomic mass is 10.1. The molecule has 0 heterocycles. The zero-order valence-electron chi connectivity index (χ0n) is 16.1. The van der Waals surface area contributed by atoms with Crippen LogP contribution >= 0.6 is 23.2 Å². The summed E-state index contributed by atoms with van der Waals surface area (Å²) in [5, 5.41) is 3.82. The maximum absolute atomic E-state index is 12.2. The first-order valence-corrected chi connectivity index (χ1v) is 11.4. The van der Waals surface area contributed by atoms with Crippen LogP contribution < -0.4 is 9.62 Å². The summed E-state index contributed by atoms with van der Waals surface area (Å²) in [6, 6.07) is 10.6. The highest BCUT2D eigenvalue weighted by molar-refractivity contribution is 7.92. The lowest BCUT2D eigenvalue weighted by Crippen LogP contribution is -2.32. The third-order valence-electron chi connectivity index (χ3n) is 4.43. The van der Waals surface area contributed by atoms with Crippen LogP contribution in [0.15, 0.2) is 36.4 Å². The molecule has 1 N–H and O–H groups in total. The van der Waals surface area contributed by atoms with E-state index in [0.29, 0.717) is 28.7 Å². The molecule has 5 nitrogen and oxygen atoms in total. The van der Waals surface area contributed by atoms with E-state index in [9.17, 15) is 13.2 Å². The van der Waals surface area contributed by atoms with Gasteiger partial charge >= 0.3 is 0 Å². The smallest absolute Gasteiger partial charge is 0.232 e. The molecule has 0 aliphatic carbocycles. The molecule has 0 radical (unpaired) electrons. The van der Waals surface area contributed by atoms with Gasteiger partial charge in [0.15, 0.2) is 0 Å². The Labute approximate surface area is 176 Å². The summed E-state index contributed by atoms with van der Waals surface area (Å²) in [7, 11) is -3.44. The molecule has 28 heavy (non-hydrogen) atoms. The average molecular weight is 443 g/mol. The summed E-state index contributed by atoms with van der Waals surface area (Å²) in [5.41, 5.74) is 3.49. The van der Waals surface area contributed by atoms with Gasteiger partial charge in [-0.25, -0.2) is 8.42 Å². The van der Waals surface area contributed by atoms with Crippen molar-refractivity contribution in [2.75, 3.05) is 17.1 Å². The summed E-state index contributed by atoms with van der Waals surface area (Å²) in [4.78, 5) is 12.1. The van der Waals surface area contributed by atoms with Gasteiger partial charge in [-0.05, 0) is 61.2 Å². The molecule has 0 saturated heterocycles. The molecule has 152 valence electrons. The largest absolute Gasteiger partial charge is 0.352 e. The van der Waals surface area contributed by atoms with Crippen molar-refractivity contribution in [3.63, 3.8) is 0 Å². The van der Waals surface area contributed by atoms with E-state index >= 15 is 0 Å². The highest BCUT2D eigenvalue weighted by atomic mass is 35.5. The topological polar surface area (TPSA) is 66.5 Å². The van der Waals surface area contributed by atoms with Crippen molar-refractivity contribution in [3.05, 3.63) is 63.1 Å². The van der Waals surface area contributed by atoms with E-state index < -0.39 is 10.0 Å². The van der Waals surface area contributed by atoms with Gasteiger partial charge in [-0.2, -0.15) is 0 Å². The van der Waals surface area contributed by atoms with Gasteiger partial charge in [0.05, 0.1) is 11.9 Å². The van der Waals surface area contributed by atoms with Crippen molar-refractivity contribution >= 4 is 44.8 Å². The van der Waals surface area contributed by atoms with Crippen molar-refractivity contribution in [3.8, 4) is 0 Å². The van der Waals surface area contributed by atoms with Crippen molar-refractivity contribution in [1.29, 1.82) is 0 Å². The molecular weight excluding hydrogens is 419 g/mol. The second-order valence-corrected chi connectivity index (χ2v) is 9.47. The van der Waals surface area contributed by atoms with E-state index in [2.05, 4.69) is 5.32 Å². The van der Waals surface area contributed by atoms with E-state index in [1.54, 1.807) is 24.3 Å². The summed E-state index contributed by atoms with van der Waals surface area (Å²) in [6.07, 6.45) is 1.78. The number of nitrogens with one attached hydrogen (secondary N) is 1. The fraction of sp³-hybridized carbons (Fsp3) is 0.350. The normalized spacial score (nSPS) is 11.3. The molecule has 2 rings (SSSR count). The molecule has 0 saturated carbocycles. The number of nitrogens with zero attached hydrogens (tertiary/aromatic N) is 1. The number of rotatable bonds is 8. The second-order valence-electron chi connectivity index (χ2n) is 6.72. The van der Waals surface area contributed by atoms with Crippen LogP contribution in [-0.4, -0.2) is 27.1 Å². The third kappa shape index (κ3) is 6.40. The SMILES string of the molecule is Cc1ccc(N(CCCC(=O)NCc2ccc(Cl)cc2Cl)S(C)(=O)=O)cc1C. The van der Waals surface area contributed by atoms with Crippen molar-refractivity contribution in [1.82, 2.24) is 5.32 Å². The van der Waals surface area contributed by atoms with Gasteiger partial charge in [-0.1, -0.05) is 35.3 Å². The van der Waals surface area contributed by atoms with Crippen LogP contribution in [0.3, 0.4) is 0 Å². The number of hydrogen-bond donors (Lipinski definition) is 1. The lowest BCUT2D eigenvalue weighted by Gasteiger charge is -2.23. The van der Waals surface area contributed by atoms with Gasteiger partial charge in [0.25, 0.3) is 0 Å². The van der Waals surface area contributed by atoms with Crippen molar-refractivity contribution in [2.45, 2.75) is 33.2 Å². The van der Waals surface area contributed by atoms with E-state index in [1.807, 2.05) is 26.0 Å². The monoisotopic (exact) mass is 442 g/mol. The van der Waals surface area contributed by atoms with Gasteiger partial charge in [0.1, 0.15) is 0 Å². The number of hydrogen-bond acceptors (Lipinski definition) is 3. The Balaban J connectivity index is 1.92. The van der Waals surface area contributed by atoms with Crippen LogP contribution in [0.4, 0.5) is 5.69 Å². The summed E-state index contributed by atoms with van der Waals surface area (Å²) in [5.74, 6) is -0.167. The number of benzene rings is 2. The zero-order valence-corrected chi connectivity index (χ0v) is 18.5. The molecule has 0 aromatic heterocycles. The minimum atomic E-state index is -3.44. The molecule has 0 aliphatic rings. The standard InChI is InChI=1S/C20H24Cl2N2O3S/c1-14-6-9-18(11-15(14)2)24(28(3,26)27)10-4-5-20(25)23-13-16-7-8-17(21)12-19(16)22/h6-9,11-12H,4-5,10,13H2,1-3H3,(H,23,25). The first-order chi connectivity index (χ1) is 13.1. The van der Waals surface area contributed by atoms with Crippen LogP contribution in [0.1, 0.15) is 29.5 Å². The first kappa shape index (κ1) is 22.5. The van der Waals surface area contributed by atoms with E-state index in [1.165, 1.54) is 10.6 Å². The summed E-state index contributed by atoms with van der Waals surface area (Å²) in [6.45, 7) is 4.44. The molecule has 0 aliphatic heterocycles. The number of anilines is 1. The van der Waals surface area contributed by atoms with Gasteiger partial charge in [0, 0.05) is 29.6 Å². The number of carbonyl (C=O) groups excluding carboxylic acids is 1. The van der Waals surface area contributed by atoms with Crippen LogP contribution in [-0.2, 0) is 21.4 Å². The van der Waals surface area contributed by atoms with E-state index in [0.717, 1.165) is 16.7 Å². The zero-order chi connectivity index (χ0) is 20.9. The number of amides is 1. The van der Waals surface area contributed by atoms with Gasteiger partial charge in [-0.3, -0.25) is 9.10 Å². The van der Waals surface area contributed by atoms with Crippen LogP contribution in [0.2, 0.25) is 10.0 Å². The molecule has 0 spiro atoms. The predicted molar refractivity (Wildman–Crippen MR) is 116 cm³/mol. The van der Waals surface area contributed by atoms with Gasteiger partial charge in [0.2, 0.25) is 15.9 Å². The minimum Gasteiger partial charge on any atom is -0.352 e. The fourth-order valence-electron chi connectivity index (χ4n) is 2.70. The molecular formula is C20H24Cl2N2O3S. The highest BCUT2D eigenvalue weighted by Gasteiger charge is 2.18. The number of sulfonamides is 1. The molecule has 8 heteroatoms. The maximum Gasteiger partial charge on any atom is 0.232 e. The first-order valence-electron chi connectivity index (χ1n) is 8.83. The highest BCUT2D eigenvalue weighted by Crippen LogP contribution is 2.22. The minimum absolute atomic E-state index is 0.167. The Morgan fingerprint density at radius 3 is 2.39 bits per heavy atom. The Kier molecular flexibility index (Phi) is 7.75. The average Bonchev–Trinajstić information content (AvgIpc) is 2.59. The maximum atomic E-state index is 12.2. The summed E-state index contributed by atoms with van der Waals surface area (Å²) < 4.78 is 25.7. The molecule has 0 unspecified atom stereocenters. The Hall–Kier alpha value is -1.76. The van der Waals surface area contributed by atoms with Gasteiger partial charge < -0.3 is 5.32 Å². The Bertz CT molecular complexity index is 962. The molecule has 2 aromatic carbocycles.